The van der Waals surface area contributed by atoms with Crippen LogP contribution in [0.1, 0.15) is 29.7 Å². The van der Waals surface area contributed by atoms with Crippen LogP contribution in [0.3, 0.4) is 0 Å². The van der Waals surface area contributed by atoms with Gasteiger partial charge < -0.3 is 20.0 Å². The largest absolute Gasteiger partial charge is 0.467 e. The highest BCUT2D eigenvalue weighted by atomic mass is 32.1. The average molecular weight is 441 g/mol. The molecule has 0 bridgehead atoms. The highest BCUT2D eigenvalue weighted by molar-refractivity contribution is 7.13. The topological polar surface area (TPSA) is 105 Å². The van der Waals surface area contributed by atoms with E-state index < -0.39 is 0 Å². The Morgan fingerprint density at radius 3 is 2.65 bits per heavy atom. The molecular weight excluding hydrogens is 416 g/mol. The van der Waals surface area contributed by atoms with E-state index in [0.717, 1.165) is 11.1 Å². The zero-order valence-corrected chi connectivity index (χ0v) is 18.2. The molecule has 0 unspecified atom stereocenters. The monoisotopic (exact) mass is 440 g/mol. The highest BCUT2D eigenvalue weighted by Crippen LogP contribution is 2.22. The molecule has 0 atom stereocenters. The summed E-state index contributed by atoms with van der Waals surface area (Å²) < 4.78 is 5.22. The summed E-state index contributed by atoms with van der Waals surface area (Å²) in [5.74, 6) is -0.311. The lowest BCUT2D eigenvalue weighted by atomic mass is 10.1. The van der Waals surface area contributed by atoms with E-state index >= 15 is 0 Å². The first-order valence-electron chi connectivity index (χ1n) is 9.78. The van der Waals surface area contributed by atoms with Crippen molar-refractivity contribution >= 4 is 39.9 Å². The minimum Gasteiger partial charge on any atom is -0.467 e. The number of hydrogen-bond donors (Lipinski definition) is 2. The SMILES string of the molecule is Cc1ccc(N(CC(=O)NCc2ccco2)C(=O)CCC(=O)Nc2nccs2)c(C)c1. The zero-order valence-electron chi connectivity index (χ0n) is 17.4. The summed E-state index contributed by atoms with van der Waals surface area (Å²) in [6.07, 6.45) is 3.09. The molecule has 0 aliphatic carbocycles. The molecule has 162 valence electrons. The van der Waals surface area contributed by atoms with E-state index in [-0.39, 0.29) is 43.7 Å². The number of aryl methyl sites for hydroxylation is 2. The molecule has 3 aromatic rings. The molecule has 8 nitrogen and oxygen atoms in total. The van der Waals surface area contributed by atoms with Crippen LogP contribution < -0.4 is 15.5 Å². The smallest absolute Gasteiger partial charge is 0.240 e. The Hall–Kier alpha value is -3.46. The minimum atomic E-state index is -0.322. The summed E-state index contributed by atoms with van der Waals surface area (Å²) in [5.41, 5.74) is 2.57. The molecule has 0 aliphatic heterocycles. The van der Waals surface area contributed by atoms with Gasteiger partial charge in [0.05, 0.1) is 12.8 Å². The Kier molecular flexibility index (Phi) is 7.55. The number of carbonyl (C=O) groups is 3. The molecule has 0 saturated heterocycles. The number of thiazole rings is 1. The number of carbonyl (C=O) groups excluding carboxylic acids is 3. The predicted molar refractivity (Wildman–Crippen MR) is 119 cm³/mol. The van der Waals surface area contributed by atoms with Crippen molar-refractivity contribution in [3.63, 3.8) is 0 Å². The van der Waals surface area contributed by atoms with E-state index in [4.69, 9.17) is 4.42 Å². The Balaban J connectivity index is 1.66. The fourth-order valence-corrected chi connectivity index (χ4v) is 3.58. The number of rotatable bonds is 9. The average Bonchev–Trinajstić information content (AvgIpc) is 3.43. The van der Waals surface area contributed by atoms with Crippen molar-refractivity contribution in [3.8, 4) is 0 Å². The van der Waals surface area contributed by atoms with Gasteiger partial charge in [-0.1, -0.05) is 17.7 Å². The predicted octanol–water partition coefficient (Wildman–Crippen LogP) is 3.42. The number of nitrogens with zero attached hydrogens (tertiary/aromatic N) is 2. The maximum absolute atomic E-state index is 13.0. The molecule has 1 aromatic carbocycles. The van der Waals surface area contributed by atoms with E-state index in [1.54, 1.807) is 23.7 Å². The third kappa shape index (κ3) is 6.51. The molecular formula is C22H24N4O4S. The van der Waals surface area contributed by atoms with Crippen molar-refractivity contribution in [3.05, 3.63) is 65.1 Å². The molecule has 2 N–H and O–H groups in total. The molecule has 0 radical (unpaired) electrons. The van der Waals surface area contributed by atoms with E-state index in [1.807, 2.05) is 32.0 Å². The lowest BCUT2D eigenvalue weighted by Gasteiger charge is -2.24. The number of benzene rings is 1. The van der Waals surface area contributed by atoms with Crippen LogP contribution >= 0.6 is 11.3 Å². The van der Waals surface area contributed by atoms with Gasteiger partial charge in [-0.05, 0) is 37.6 Å². The second-order valence-electron chi connectivity index (χ2n) is 7.01. The van der Waals surface area contributed by atoms with Crippen LogP contribution in [-0.4, -0.2) is 29.3 Å². The van der Waals surface area contributed by atoms with Crippen molar-refractivity contribution in [2.24, 2.45) is 0 Å². The maximum atomic E-state index is 13.0. The van der Waals surface area contributed by atoms with Crippen LogP contribution in [0.25, 0.3) is 0 Å². The third-order valence-corrected chi connectivity index (χ3v) is 5.22. The summed E-state index contributed by atoms with van der Waals surface area (Å²) in [5, 5.41) is 7.65. The van der Waals surface area contributed by atoms with Crippen molar-refractivity contribution in [1.29, 1.82) is 0 Å². The van der Waals surface area contributed by atoms with Gasteiger partial charge in [-0.3, -0.25) is 14.4 Å². The fourth-order valence-electron chi connectivity index (χ4n) is 3.04. The molecule has 2 aromatic heterocycles. The first kappa shape index (κ1) is 22.2. The normalized spacial score (nSPS) is 10.5. The van der Waals surface area contributed by atoms with Gasteiger partial charge in [-0.25, -0.2) is 4.98 Å². The number of furan rings is 1. The van der Waals surface area contributed by atoms with Crippen LogP contribution in [-0.2, 0) is 20.9 Å². The molecule has 3 rings (SSSR count). The number of amides is 3. The maximum Gasteiger partial charge on any atom is 0.240 e. The van der Waals surface area contributed by atoms with Crippen molar-refractivity contribution in [2.45, 2.75) is 33.2 Å². The number of nitrogens with one attached hydrogen (secondary N) is 2. The van der Waals surface area contributed by atoms with E-state index in [1.165, 1.54) is 22.5 Å². The Morgan fingerprint density at radius 2 is 1.97 bits per heavy atom. The van der Waals surface area contributed by atoms with Gasteiger partial charge in [0.1, 0.15) is 12.3 Å². The minimum absolute atomic E-state index is 0.00611. The number of aromatic nitrogens is 1. The first-order chi connectivity index (χ1) is 14.9. The molecule has 3 amide bonds. The molecule has 9 heteroatoms. The lowest BCUT2D eigenvalue weighted by molar-refractivity contribution is -0.125. The first-order valence-corrected chi connectivity index (χ1v) is 10.7. The standard InChI is InChI=1S/C22H24N4O4S/c1-15-5-6-18(16(2)12-15)26(14-20(28)24-13-17-4-3-10-30-17)21(29)8-7-19(27)25-22-23-9-11-31-22/h3-6,9-12H,7-8,13-14H2,1-2H3,(H,24,28)(H,23,25,27). The van der Waals surface area contributed by atoms with Crippen LogP contribution in [0.2, 0.25) is 0 Å². The van der Waals surface area contributed by atoms with Gasteiger partial charge in [0.25, 0.3) is 0 Å². The van der Waals surface area contributed by atoms with Gasteiger partial charge in [0, 0.05) is 30.1 Å². The molecule has 0 fully saturated rings. The van der Waals surface area contributed by atoms with Crippen LogP contribution in [0, 0.1) is 13.8 Å². The summed E-state index contributed by atoms with van der Waals surface area (Å²) >= 11 is 1.31. The molecule has 0 aliphatic rings. The second kappa shape index (κ2) is 10.5. The zero-order chi connectivity index (χ0) is 22.2. The van der Waals surface area contributed by atoms with E-state index in [9.17, 15) is 14.4 Å². The van der Waals surface area contributed by atoms with Crippen molar-refractivity contribution in [2.75, 3.05) is 16.8 Å². The van der Waals surface area contributed by atoms with Crippen molar-refractivity contribution in [1.82, 2.24) is 10.3 Å². The second-order valence-corrected chi connectivity index (χ2v) is 7.91. The molecule has 0 spiro atoms. The van der Waals surface area contributed by atoms with Crippen LogP contribution in [0.15, 0.2) is 52.6 Å². The third-order valence-electron chi connectivity index (χ3n) is 4.53. The van der Waals surface area contributed by atoms with Crippen LogP contribution in [0.5, 0.6) is 0 Å². The van der Waals surface area contributed by atoms with E-state index in [0.29, 0.717) is 16.6 Å². The Labute approximate surface area is 184 Å². The van der Waals surface area contributed by atoms with Gasteiger partial charge in [-0.15, -0.1) is 11.3 Å². The van der Waals surface area contributed by atoms with Gasteiger partial charge in [-0.2, -0.15) is 0 Å². The Bertz CT molecular complexity index is 1030. The fraction of sp³-hybridized carbons (Fsp3) is 0.273. The summed E-state index contributed by atoms with van der Waals surface area (Å²) in [6, 6.07) is 9.15. The van der Waals surface area contributed by atoms with Gasteiger partial charge in [0.2, 0.25) is 17.7 Å². The molecule has 0 saturated carbocycles. The van der Waals surface area contributed by atoms with Gasteiger partial charge >= 0.3 is 0 Å². The van der Waals surface area contributed by atoms with Crippen LogP contribution in [0.4, 0.5) is 10.8 Å². The Morgan fingerprint density at radius 1 is 1.13 bits per heavy atom. The number of anilines is 2. The summed E-state index contributed by atoms with van der Waals surface area (Å²) in [7, 11) is 0. The highest BCUT2D eigenvalue weighted by Gasteiger charge is 2.22. The summed E-state index contributed by atoms with van der Waals surface area (Å²) in [4.78, 5) is 43.1. The summed E-state index contributed by atoms with van der Waals surface area (Å²) in [6.45, 7) is 3.93. The quantitative estimate of drug-likeness (QED) is 0.531. The van der Waals surface area contributed by atoms with Crippen molar-refractivity contribution < 1.29 is 18.8 Å². The molecule has 31 heavy (non-hydrogen) atoms. The van der Waals surface area contributed by atoms with E-state index in [2.05, 4.69) is 15.6 Å². The van der Waals surface area contributed by atoms with Gasteiger partial charge in [0.15, 0.2) is 5.13 Å². The molecule has 2 heterocycles. The number of hydrogen-bond acceptors (Lipinski definition) is 6. The lowest BCUT2D eigenvalue weighted by Crippen LogP contribution is -2.41.